The molecule has 1 heterocycles. The van der Waals surface area contributed by atoms with Crippen molar-refractivity contribution in [2.24, 2.45) is 0 Å². The van der Waals surface area contributed by atoms with Crippen LogP contribution in [0.15, 0.2) is 30.3 Å². The number of nitrogens with one attached hydrogen (secondary N) is 1. The normalized spacial score (nSPS) is 10.5. The maximum absolute atomic E-state index is 4.67. The van der Waals surface area contributed by atoms with Crippen LogP contribution >= 0.6 is 0 Å². The second-order valence-electron chi connectivity index (χ2n) is 4.60. The lowest BCUT2D eigenvalue weighted by Crippen LogP contribution is -2.10. The zero-order chi connectivity index (χ0) is 13.7. The van der Waals surface area contributed by atoms with Gasteiger partial charge in [-0.3, -0.25) is 0 Å². The first-order valence-electron chi connectivity index (χ1n) is 6.88. The van der Waals surface area contributed by atoms with Gasteiger partial charge in [-0.25, -0.2) is 9.97 Å². The third-order valence-electron chi connectivity index (χ3n) is 3.16. The molecule has 0 aliphatic heterocycles. The Kier molecular flexibility index (Phi) is 4.50. The minimum atomic E-state index is 0.782. The summed E-state index contributed by atoms with van der Waals surface area (Å²) in [5.41, 5.74) is 3.55. The van der Waals surface area contributed by atoms with Crippen molar-refractivity contribution in [3.63, 3.8) is 0 Å². The van der Waals surface area contributed by atoms with E-state index in [-0.39, 0.29) is 0 Å². The summed E-state index contributed by atoms with van der Waals surface area (Å²) in [7, 11) is 0. The molecule has 0 bridgehead atoms. The molecule has 1 aromatic heterocycles. The average Bonchev–Trinajstić information content (AvgIpc) is 2.40. The van der Waals surface area contributed by atoms with Gasteiger partial charge >= 0.3 is 0 Å². The standard InChI is InChI=1S/C16H21N3/c1-4-14-12(3)18-15(19-16(14)17-5-2)11-13-9-7-6-8-10-13/h6-10H,4-5,11H2,1-3H3,(H,17,18,19). The number of benzene rings is 1. The molecular formula is C16H21N3. The van der Waals surface area contributed by atoms with Crippen LogP contribution in [0.5, 0.6) is 0 Å². The molecule has 0 radical (unpaired) electrons. The fourth-order valence-corrected chi connectivity index (χ4v) is 2.25. The number of rotatable bonds is 5. The van der Waals surface area contributed by atoms with Gasteiger partial charge in [0.05, 0.1) is 0 Å². The quantitative estimate of drug-likeness (QED) is 0.890. The monoisotopic (exact) mass is 255 g/mol. The highest BCUT2D eigenvalue weighted by Crippen LogP contribution is 2.18. The second kappa shape index (κ2) is 6.32. The van der Waals surface area contributed by atoms with Crippen molar-refractivity contribution in [3.8, 4) is 0 Å². The molecule has 2 aromatic rings. The van der Waals surface area contributed by atoms with Crippen molar-refractivity contribution < 1.29 is 0 Å². The summed E-state index contributed by atoms with van der Waals surface area (Å²) >= 11 is 0. The summed E-state index contributed by atoms with van der Waals surface area (Å²) in [6.45, 7) is 7.18. The highest BCUT2D eigenvalue weighted by molar-refractivity contribution is 5.46. The molecule has 19 heavy (non-hydrogen) atoms. The van der Waals surface area contributed by atoms with E-state index in [4.69, 9.17) is 0 Å². The first-order chi connectivity index (χ1) is 9.24. The number of anilines is 1. The van der Waals surface area contributed by atoms with Crippen molar-refractivity contribution in [2.75, 3.05) is 11.9 Å². The Bertz CT molecular complexity index is 535. The smallest absolute Gasteiger partial charge is 0.135 e. The van der Waals surface area contributed by atoms with Crippen molar-refractivity contribution in [2.45, 2.75) is 33.6 Å². The van der Waals surface area contributed by atoms with Crippen LogP contribution in [-0.4, -0.2) is 16.5 Å². The molecule has 100 valence electrons. The average molecular weight is 255 g/mol. The molecule has 0 saturated carbocycles. The predicted octanol–water partition coefficient (Wildman–Crippen LogP) is 3.37. The third kappa shape index (κ3) is 3.31. The largest absolute Gasteiger partial charge is 0.370 e. The van der Waals surface area contributed by atoms with Crippen molar-refractivity contribution in [1.82, 2.24) is 9.97 Å². The van der Waals surface area contributed by atoms with Gasteiger partial charge in [0.2, 0.25) is 0 Å². The fraction of sp³-hybridized carbons (Fsp3) is 0.375. The lowest BCUT2D eigenvalue weighted by molar-refractivity contribution is 0.901. The molecular weight excluding hydrogens is 234 g/mol. The zero-order valence-electron chi connectivity index (χ0n) is 11.9. The Labute approximate surface area is 115 Å². The van der Waals surface area contributed by atoms with Crippen LogP contribution in [-0.2, 0) is 12.8 Å². The molecule has 0 unspecified atom stereocenters. The van der Waals surface area contributed by atoms with Crippen molar-refractivity contribution in [1.29, 1.82) is 0 Å². The molecule has 0 aliphatic carbocycles. The molecule has 0 atom stereocenters. The van der Waals surface area contributed by atoms with E-state index in [1.807, 2.05) is 18.2 Å². The second-order valence-corrected chi connectivity index (χ2v) is 4.60. The Balaban J connectivity index is 2.31. The summed E-state index contributed by atoms with van der Waals surface area (Å²) in [5, 5.41) is 3.34. The molecule has 3 heteroatoms. The molecule has 0 aliphatic rings. The molecule has 0 amide bonds. The van der Waals surface area contributed by atoms with Crippen LogP contribution in [0.4, 0.5) is 5.82 Å². The van der Waals surface area contributed by atoms with Crippen LogP contribution in [0.25, 0.3) is 0 Å². The van der Waals surface area contributed by atoms with Gasteiger partial charge in [-0.2, -0.15) is 0 Å². The minimum Gasteiger partial charge on any atom is -0.370 e. The van der Waals surface area contributed by atoms with Gasteiger partial charge in [-0.15, -0.1) is 0 Å². The molecule has 2 rings (SSSR count). The lowest BCUT2D eigenvalue weighted by atomic mass is 10.1. The summed E-state index contributed by atoms with van der Waals surface area (Å²) in [5.74, 6) is 1.88. The van der Waals surface area contributed by atoms with Crippen LogP contribution in [0.2, 0.25) is 0 Å². The van der Waals surface area contributed by atoms with E-state index in [9.17, 15) is 0 Å². The van der Waals surface area contributed by atoms with E-state index in [1.165, 1.54) is 11.1 Å². The van der Waals surface area contributed by atoms with Gasteiger partial charge in [-0.1, -0.05) is 37.3 Å². The first-order valence-corrected chi connectivity index (χ1v) is 6.88. The summed E-state index contributed by atoms with van der Waals surface area (Å²) in [6.07, 6.45) is 1.74. The number of hydrogen-bond donors (Lipinski definition) is 1. The number of aromatic nitrogens is 2. The highest BCUT2D eigenvalue weighted by atomic mass is 15.0. The van der Waals surface area contributed by atoms with Gasteiger partial charge in [0.25, 0.3) is 0 Å². The molecule has 0 saturated heterocycles. The Morgan fingerprint density at radius 3 is 2.42 bits per heavy atom. The van der Waals surface area contributed by atoms with Gasteiger partial charge in [0.15, 0.2) is 0 Å². The topological polar surface area (TPSA) is 37.8 Å². The minimum absolute atomic E-state index is 0.782. The summed E-state index contributed by atoms with van der Waals surface area (Å²) in [4.78, 5) is 9.30. The fourth-order valence-electron chi connectivity index (χ4n) is 2.25. The first kappa shape index (κ1) is 13.5. The molecule has 0 fully saturated rings. The number of nitrogens with zero attached hydrogens (tertiary/aromatic N) is 2. The van der Waals surface area contributed by atoms with Crippen LogP contribution in [0, 0.1) is 6.92 Å². The van der Waals surface area contributed by atoms with Crippen LogP contribution < -0.4 is 5.32 Å². The summed E-state index contributed by atoms with van der Waals surface area (Å²) in [6, 6.07) is 10.3. The van der Waals surface area contributed by atoms with Gasteiger partial charge < -0.3 is 5.32 Å². The van der Waals surface area contributed by atoms with Gasteiger partial charge in [0, 0.05) is 24.2 Å². The summed E-state index contributed by atoms with van der Waals surface area (Å²) < 4.78 is 0. The molecule has 1 aromatic carbocycles. The van der Waals surface area contributed by atoms with Crippen LogP contribution in [0.3, 0.4) is 0 Å². The number of aryl methyl sites for hydroxylation is 1. The van der Waals surface area contributed by atoms with E-state index < -0.39 is 0 Å². The zero-order valence-corrected chi connectivity index (χ0v) is 11.9. The molecule has 1 N–H and O–H groups in total. The molecule has 0 spiro atoms. The SMILES string of the molecule is CCNc1nc(Cc2ccccc2)nc(C)c1CC. The van der Waals surface area contributed by atoms with E-state index in [1.54, 1.807) is 0 Å². The van der Waals surface area contributed by atoms with Crippen molar-refractivity contribution in [3.05, 3.63) is 53.0 Å². The Morgan fingerprint density at radius 2 is 1.79 bits per heavy atom. The van der Waals surface area contributed by atoms with E-state index in [0.29, 0.717) is 0 Å². The van der Waals surface area contributed by atoms with E-state index >= 15 is 0 Å². The third-order valence-corrected chi connectivity index (χ3v) is 3.16. The predicted molar refractivity (Wildman–Crippen MR) is 79.6 cm³/mol. The maximum Gasteiger partial charge on any atom is 0.135 e. The highest BCUT2D eigenvalue weighted by Gasteiger charge is 2.09. The Morgan fingerprint density at radius 1 is 1.05 bits per heavy atom. The van der Waals surface area contributed by atoms with Gasteiger partial charge in [-0.05, 0) is 25.8 Å². The van der Waals surface area contributed by atoms with Gasteiger partial charge in [0.1, 0.15) is 11.6 Å². The van der Waals surface area contributed by atoms with Crippen molar-refractivity contribution >= 4 is 5.82 Å². The maximum atomic E-state index is 4.67. The van der Waals surface area contributed by atoms with Crippen LogP contribution in [0.1, 0.15) is 36.5 Å². The molecule has 3 nitrogen and oxygen atoms in total. The van der Waals surface area contributed by atoms with E-state index in [2.05, 4.69) is 48.2 Å². The number of hydrogen-bond acceptors (Lipinski definition) is 3. The van der Waals surface area contributed by atoms with E-state index in [0.717, 1.165) is 36.7 Å². The Hall–Kier alpha value is -1.90. The lowest BCUT2D eigenvalue weighted by Gasteiger charge is -2.12.